The van der Waals surface area contributed by atoms with Crippen molar-refractivity contribution in [3.05, 3.63) is 58.8 Å². The molecular weight excluding hydrogens is 434 g/mol. The predicted molar refractivity (Wildman–Crippen MR) is 130 cm³/mol. The second-order valence-electron chi connectivity index (χ2n) is 8.85. The molecule has 0 bridgehead atoms. The zero-order valence-corrected chi connectivity index (χ0v) is 19.6. The first-order chi connectivity index (χ1) is 16.3. The van der Waals surface area contributed by atoms with Crippen molar-refractivity contribution >= 4 is 28.5 Å². The van der Waals surface area contributed by atoms with Crippen molar-refractivity contribution < 1.29 is 24.2 Å². The third kappa shape index (κ3) is 4.62. The summed E-state index contributed by atoms with van der Waals surface area (Å²) in [4.78, 5) is 29.0. The number of aromatic nitrogens is 1. The summed E-state index contributed by atoms with van der Waals surface area (Å²) in [5.41, 5.74) is 8.84. The highest BCUT2D eigenvalue weighted by atomic mass is 16.5. The van der Waals surface area contributed by atoms with E-state index in [-0.39, 0.29) is 35.7 Å². The molecule has 0 aliphatic carbocycles. The molecule has 4 N–H and O–H groups in total. The molecule has 0 saturated carbocycles. The van der Waals surface area contributed by atoms with Crippen LogP contribution in [0.5, 0.6) is 11.5 Å². The van der Waals surface area contributed by atoms with Crippen LogP contribution in [-0.4, -0.2) is 41.2 Å². The van der Waals surface area contributed by atoms with Crippen LogP contribution in [0.3, 0.4) is 0 Å². The number of nitrogens with one attached hydrogen (secondary N) is 1. The minimum Gasteiger partial charge on any atom is -0.493 e. The number of nitrogens with two attached hydrogens (primary N) is 1. The predicted octanol–water partition coefficient (Wildman–Crippen LogP) is 3.98. The van der Waals surface area contributed by atoms with Gasteiger partial charge in [0, 0.05) is 5.56 Å². The number of amides is 1. The third-order valence-electron chi connectivity index (χ3n) is 6.12. The van der Waals surface area contributed by atoms with Gasteiger partial charge < -0.3 is 25.6 Å². The van der Waals surface area contributed by atoms with Gasteiger partial charge in [-0.3, -0.25) is 9.78 Å². The van der Waals surface area contributed by atoms with E-state index in [2.05, 4.69) is 10.3 Å². The molecule has 34 heavy (non-hydrogen) atoms. The number of carboxylic acids is 1. The van der Waals surface area contributed by atoms with E-state index in [1.165, 1.54) is 0 Å². The van der Waals surface area contributed by atoms with Crippen LogP contribution < -0.4 is 20.5 Å². The maximum Gasteiger partial charge on any atom is 0.339 e. The molecule has 0 saturated heterocycles. The van der Waals surface area contributed by atoms with E-state index in [0.29, 0.717) is 34.5 Å². The Kier molecular flexibility index (Phi) is 6.58. The quantitative estimate of drug-likeness (QED) is 0.484. The molecule has 2 aromatic carbocycles. The zero-order chi connectivity index (χ0) is 24.4. The van der Waals surface area contributed by atoms with E-state index in [4.69, 9.17) is 15.2 Å². The summed E-state index contributed by atoms with van der Waals surface area (Å²) in [5.74, 6) is -0.0746. The molecule has 0 spiro atoms. The van der Waals surface area contributed by atoms with Crippen LogP contribution in [0.25, 0.3) is 10.9 Å². The number of anilines is 1. The van der Waals surface area contributed by atoms with Gasteiger partial charge in [0.25, 0.3) is 5.91 Å². The van der Waals surface area contributed by atoms with Crippen molar-refractivity contribution in [2.24, 2.45) is 5.92 Å². The maximum atomic E-state index is 13.0. The van der Waals surface area contributed by atoms with Gasteiger partial charge in [0.05, 0.1) is 34.9 Å². The Morgan fingerprint density at radius 3 is 2.79 bits per heavy atom. The Labute approximate surface area is 198 Å². The molecule has 178 valence electrons. The smallest absolute Gasteiger partial charge is 0.339 e. The fraction of sp³-hybridized carbons (Fsp3) is 0.346. The topological polar surface area (TPSA) is 124 Å². The van der Waals surface area contributed by atoms with E-state index in [9.17, 15) is 14.7 Å². The molecule has 4 rings (SSSR count). The number of carbonyl (C=O) groups is 2. The highest BCUT2D eigenvalue weighted by Gasteiger charge is 2.22. The van der Waals surface area contributed by atoms with Gasteiger partial charge in [0.15, 0.2) is 0 Å². The molecule has 0 fully saturated rings. The number of nitrogens with zero attached hydrogens (tertiary/aromatic N) is 1. The van der Waals surface area contributed by atoms with Gasteiger partial charge in [-0.1, -0.05) is 26.0 Å². The van der Waals surface area contributed by atoms with Gasteiger partial charge in [-0.25, -0.2) is 4.79 Å². The van der Waals surface area contributed by atoms with E-state index < -0.39 is 5.97 Å². The first-order valence-corrected chi connectivity index (χ1v) is 11.4. The van der Waals surface area contributed by atoms with Gasteiger partial charge in [0.2, 0.25) is 0 Å². The number of hydrogen-bond acceptors (Lipinski definition) is 6. The molecule has 0 radical (unpaired) electrons. The lowest BCUT2D eigenvalue weighted by Crippen LogP contribution is -2.42. The highest BCUT2D eigenvalue weighted by Crippen LogP contribution is 2.33. The summed E-state index contributed by atoms with van der Waals surface area (Å²) in [6.07, 6.45) is 1.93. The van der Waals surface area contributed by atoms with Gasteiger partial charge in [-0.05, 0) is 55.5 Å². The lowest BCUT2D eigenvalue weighted by Gasteiger charge is -2.24. The fourth-order valence-electron chi connectivity index (χ4n) is 4.14. The molecule has 8 nitrogen and oxygen atoms in total. The molecule has 3 aromatic rings. The zero-order valence-electron chi connectivity index (χ0n) is 19.6. The Bertz CT molecular complexity index is 1250. The average Bonchev–Trinajstić information content (AvgIpc) is 2.80. The molecule has 1 unspecified atom stereocenters. The summed E-state index contributed by atoms with van der Waals surface area (Å²) in [6, 6.07) is 10.5. The first kappa shape index (κ1) is 23.4. The number of aromatic carboxylic acids is 1. The van der Waals surface area contributed by atoms with Crippen molar-refractivity contribution in [3.8, 4) is 11.5 Å². The second kappa shape index (κ2) is 9.59. The molecule has 1 aromatic heterocycles. The van der Waals surface area contributed by atoms with E-state index in [1.807, 2.05) is 26.0 Å². The van der Waals surface area contributed by atoms with E-state index in [0.717, 1.165) is 24.2 Å². The number of aryl methyl sites for hydroxylation is 2. The number of hydrogen-bond donors (Lipinski definition) is 3. The lowest BCUT2D eigenvalue weighted by molar-refractivity contribution is 0.0696. The van der Waals surface area contributed by atoms with Gasteiger partial charge >= 0.3 is 5.97 Å². The Morgan fingerprint density at radius 1 is 1.26 bits per heavy atom. The summed E-state index contributed by atoms with van der Waals surface area (Å²) in [6.45, 7) is 6.44. The van der Waals surface area contributed by atoms with Gasteiger partial charge in [-0.2, -0.15) is 0 Å². The van der Waals surface area contributed by atoms with E-state index in [1.54, 1.807) is 31.2 Å². The lowest BCUT2D eigenvalue weighted by atomic mass is 10.0. The Hall–Kier alpha value is -3.81. The molecule has 1 aliphatic heterocycles. The molecule has 1 aliphatic rings. The van der Waals surface area contributed by atoms with Crippen LogP contribution in [0, 0.1) is 12.8 Å². The maximum absolute atomic E-state index is 13.0. The largest absolute Gasteiger partial charge is 0.493 e. The number of rotatable bonds is 7. The third-order valence-corrected chi connectivity index (χ3v) is 6.12. The summed E-state index contributed by atoms with van der Waals surface area (Å²) in [7, 11) is 0. The van der Waals surface area contributed by atoms with E-state index >= 15 is 0 Å². The molecule has 1 atom stereocenters. The number of ether oxygens (including phenoxy) is 2. The minimum absolute atomic E-state index is 0.0353. The summed E-state index contributed by atoms with van der Waals surface area (Å²) >= 11 is 0. The number of pyridine rings is 1. The average molecular weight is 464 g/mol. The summed E-state index contributed by atoms with van der Waals surface area (Å²) < 4.78 is 11.8. The standard InChI is InChI=1S/C26H29N3O5/c1-14(2)19(29-25(30)17-10-9-16-6-5-11-33-21(16)12-17)13-34-20-8-4-7-18-23(20)24(27)22(26(31)32)15(3)28-18/h4,7-10,12,14,19H,5-6,11,13H2,1-3H3,(H2,27,28)(H,29,30)(H,31,32). The molecule has 8 heteroatoms. The number of benzene rings is 2. The monoisotopic (exact) mass is 463 g/mol. The van der Waals surface area contributed by atoms with Gasteiger partial charge in [0.1, 0.15) is 23.7 Å². The van der Waals surface area contributed by atoms with Crippen LogP contribution >= 0.6 is 0 Å². The Morgan fingerprint density at radius 2 is 2.06 bits per heavy atom. The Balaban J connectivity index is 1.55. The van der Waals surface area contributed by atoms with Crippen molar-refractivity contribution in [2.45, 2.75) is 39.7 Å². The van der Waals surface area contributed by atoms with Gasteiger partial charge in [-0.15, -0.1) is 0 Å². The number of carbonyl (C=O) groups excluding carboxylic acids is 1. The van der Waals surface area contributed by atoms with Crippen molar-refractivity contribution in [3.63, 3.8) is 0 Å². The van der Waals surface area contributed by atoms with Crippen LogP contribution in [0.2, 0.25) is 0 Å². The van der Waals surface area contributed by atoms with Crippen molar-refractivity contribution in [2.75, 3.05) is 18.9 Å². The minimum atomic E-state index is -1.14. The van der Waals surface area contributed by atoms with Crippen LogP contribution in [0.4, 0.5) is 5.69 Å². The summed E-state index contributed by atoms with van der Waals surface area (Å²) in [5, 5.41) is 13.1. The second-order valence-corrected chi connectivity index (χ2v) is 8.85. The van der Waals surface area contributed by atoms with Crippen LogP contribution in [-0.2, 0) is 6.42 Å². The van der Waals surface area contributed by atoms with Crippen molar-refractivity contribution in [1.29, 1.82) is 0 Å². The number of fused-ring (bicyclic) bond motifs is 2. The highest BCUT2D eigenvalue weighted by molar-refractivity contribution is 6.06. The fourth-order valence-corrected chi connectivity index (χ4v) is 4.14. The van der Waals surface area contributed by atoms with Crippen molar-refractivity contribution in [1.82, 2.24) is 10.3 Å². The molecule has 2 heterocycles. The molecule has 1 amide bonds. The SMILES string of the molecule is Cc1nc2cccc(OCC(NC(=O)c3ccc4c(c3)OCCC4)C(C)C)c2c(N)c1C(=O)O. The number of carboxylic acid groups (broad SMARTS) is 1. The molecular formula is C26H29N3O5. The van der Waals surface area contributed by atoms with Crippen LogP contribution in [0.15, 0.2) is 36.4 Å². The van der Waals surface area contributed by atoms with Crippen LogP contribution in [0.1, 0.15) is 52.2 Å². The first-order valence-electron chi connectivity index (χ1n) is 11.4. The number of nitrogen functional groups attached to an aromatic ring is 1. The normalized spacial score (nSPS) is 13.8.